The molecule has 0 atom stereocenters. The van der Waals surface area contributed by atoms with Gasteiger partial charge < -0.3 is 14.8 Å². The van der Waals surface area contributed by atoms with Gasteiger partial charge in [0.2, 0.25) is 0 Å². The molecule has 3 rings (SSSR count). The first-order valence-electron chi connectivity index (χ1n) is 9.55. The minimum Gasteiger partial charge on any atom is -0.493 e. The van der Waals surface area contributed by atoms with Crippen LogP contribution in [-0.4, -0.2) is 29.8 Å². The summed E-state index contributed by atoms with van der Waals surface area (Å²) in [5, 5.41) is 10.1. The largest absolute Gasteiger partial charge is 0.493 e. The lowest BCUT2D eigenvalue weighted by molar-refractivity contribution is 0.0946. The van der Waals surface area contributed by atoms with Crippen LogP contribution in [0.1, 0.15) is 36.3 Å². The molecule has 152 valence electrons. The fourth-order valence-corrected chi connectivity index (χ4v) is 2.90. The molecule has 0 bridgehead atoms. The van der Waals surface area contributed by atoms with E-state index in [4.69, 9.17) is 9.47 Å². The number of aromatic amines is 1. The number of hydrogen-bond donors (Lipinski definition) is 2. The molecule has 0 fully saturated rings. The van der Waals surface area contributed by atoms with Gasteiger partial charge in [-0.1, -0.05) is 38.1 Å². The van der Waals surface area contributed by atoms with Crippen LogP contribution in [0.3, 0.4) is 0 Å². The van der Waals surface area contributed by atoms with Crippen LogP contribution in [0.25, 0.3) is 10.8 Å². The van der Waals surface area contributed by atoms with Crippen molar-refractivity contribution < 1.29 is 14.3 Å². The molecule has 0 spiro atoms. The van der Waals surface area contributed by atoms with Gasteiger partial charge in [-0.3, -0.25) is 9.59 Å². The van der Waals surface area contributed by atoms with Gasteiger partial charge in [0.1, 0.15) is 0 Å². The molecule has 2 aromatic carbocycles. The zero-order valence-corrected chi connectivity index (χ0v) is 16.8. The molecule has 0 saturated carbocycles. The van der Waals surface area contributed by atoms with Gasteiger partial charge in [-0.25, -0.2) is 5.10 Å². The standard InChI is InChI=1S/C22H25N3O4/c1-14(2)10-11-29-18-9-8-15(12-19(18)28-3)13-23-22(27)20-16-6-4-5-7-17(16)21(26)25-24-20/h4-9,12,14H,10-11,13H2,1-3H3,(H,23,27)(H,25,26). The average molecular weight is 395 g/mol. The summed E-state index contributed by atoms with van der Waals surface area (Å²) in [5.41, 5.74) is 0.718. The second kappa shape index (κ2) is 9.23. The fourth-order valence-electron chi connectivity index (χ4n) is 2.90. The number of fused-ring (bicyclic) bond motifs is 1. The van der Waals surface area contributed by atoms with Gasteiger partial charge in [0.15, 0.2) is 17.2 Å². The van der Waals surface area contributed by atoms with E-state index in [1.54, 1.807) is 31.4 Å². The van der Waals surface area contributed by atoms with E-state index < -0.39 is 0 Å². The number of nitrogens with one attached hydrogen (secondary N) is 2. The van der Waals surface area contributed by atoms with Crippen LogP contribution in [0.4, 0.5) is 0 Å². The summed E-state index contributed by atoms with van der Waals surface area (Å²) in [6.45, 7) is 5.20. The van der Waals surface area contributed by atoms with Crippen LogP contribution in [0.5, 0.6) is 11.5 Å². The van der Waals surface area contributed by atoms with Crippen molar-refractivity contribution in [1.82, 2.24) is 15.5 Å². The first-order valence-corrected chi connectivity index (χ1v) is 9.55. The average Bonchev–Trinajstić information content (AvgIpc) is 2.72. The number of nitrogens with zero attached hydrogens (tertiary/aromatic N) is 1. The van der Waals surface area contributed by atoms with Crippen molar-refractivity contribution in [1.29, 1.82) is 0 Å². The molecule has 7 heteroatoms. The molecule has 0 aliphatic heterocycles. The number of hydrogen-bond acceptors (Lipinski definition) is 5. The summed E-state index contributed by atoms with van der Waals surface area (Å²) in [6.07, 6.45) is 0.959. The number of amides is 1. The number of benzene rings is 2. The molecule has 29 heavy (non-hydrogen) atoms. The maximum absolute atomic E-state index is 12.6. The van der Waals surface area contributed by atoms with E-state index in [-0.39, 0.29) is 23.7 Å². The summed E-state index contributed by atoms with van der Waals surface area (Å²) >= 11 is 0. The number of ether oxygens (including phenoxy) is 2. The minimum atomic E-state index is -0.367. The number of carbonyl (C=O) groups excluding carboxylic acids is 1. The van der Waals surface area contributed by atoms with Gasteiger partial charge >= 0.3 is 0 Å². The number of methoxy groups -OCH3 is 1. The van der Waals surface area contributed by atoms with Gasteiger partial charge in [-0.2, -0.15) is 5.10 Å². The molecule has 0 saturated heterocycles. The van der Waals surface area contributed by atoms with Crippen molar-refractivity contribution in [3.05, 3.63) is 64.1 Å². The van der Waals surface area contributed by atoms with Crippen molar-refractivity contribution in [3.63, 3.8) is 0 Å². The highest BCUT2D eigenvalue weighted by atomic mass is 16.5. The van der Waals surface area contributed by atoms with Gasteiger partial charge in [0, 0.05) is 11.9 Å². The lowest BCUT2D eigenvalue weighted by Gasteiger charge is -2.13. The van der Waals surface area contributed by atoms with E-state index in [1.807, 2.05) is 18.2 Å². The van der Waals surface area contributed by atoms with Gasteiger partial charge in [-0.15, -0.1) is 0 Å². The Bertz CT molecular complexity index is 1060. The van der Waals surface area contributed by atoms with Crippen molar-refractivity contribution >= 4 is 16.7 Å². The lowest BCUT2D eigenvalue weighted by Crippen LogP contribution is -2.26. The molecular weight excluding hydrogens is 370 g/mol. The summed E-state index contributed by atoms with van der Waals surface area (Å²) in [7, 11) is 1.59. The summed E-state index contributed by atoms with van der Waals surface area (Å²) in [5.74, 6) is 1.49. The van der Waals surface area contributed by atoms with Crippen LogP contribution in [-0.2, 0) is 6.54 Å². The Kier molecular flexibility index (Phi) is 6.49. The fraction of sp³-hybridized carbons (Fsp3) is 0.318. The molecule has 0 unspecified atom stereocenters. The Morgan fingerprint density at radius 2 is 1.90 bits per heavy atom. The molecule has 0 aliphatic carbocycles. The predicted octanol–water partition coefficient (Wildman–Crippen LogP) is 3.29. The number of carbonyl (C=O) groups is 1. The van der Waals surface area contributed by atoms with E-state index in [0.717, 1.165) is 12.0 Å². The Hall–Kier alpha value is -3.35. The molecule has 0 aliphatic rings. The van der Waals surface area contributed by atoms with Gasteiger partial charge in [0.05, 0.1) is 19.1 Å². The van der Waals surface area contributed by atoms with Crippen LogP contribution < -0.4 is 20.3 Å². The topological polar surface area (TPSA) is 93.3 Å². The first-order chi connectivity index (χ1) is 14.0. The Morgan fingerprint density at radius 3 is 2.62 bits per heavy atom. The molecule has 1 heterocycles. The number of rotatable bonds is 8. The van der Waals surface area contributed by atoms with E-state index in [1.165, 1.54) is 0 Å². The third-order valence-corrected chi connectivity index (χ3v) is 4.55. The van der Waals surface area contributed by atoms with E-state index in [0.29, 0.717) is 34.8 Å². The summed E-state index contributed by atoms with van der Waals surface area (Å²) in [6, 6.07) is 12.4. The second-order valence-corrected chi connectivity index (χ2v) is 7.15. The normalized spacial score (nSPS) is 10.9. The Labute approximate surface area is 169 Å². The maximum atomic E-state index is 12.6. The monoisotopic (exact) mass is 395 g/mol. The Morgan fingerprint density at radius 1 is 1.14 bits per heavy atom. The highest BCUT2D eigenvalue weighted by Gasteiger charge is 2.14. The molecule has 1 amide bonds. The van der Waals surface area contributed by atoms with Crippen molar-refractivity contribution in [2.75, 3.05) is 13.7 Å². The highest BCUT2D eigenvalue weighted by molar-refractivity contribution is 6.04. The predicted molar refractivity (Wildman–Crippen MR) is 111 cm³/mol. The molecule has 7 nitrogen and oxygen atoms in total. The number of H-pyrrole nitrogens is 1. The number of aromatic nitrogens is 2. The van der Waals surface area contributed by atoms with Crippen molar-refractivity contribution in [2.24, 2.45) is 5.92 Å². The molecule has 0 radical (unpaired) electrons. The van der Waals surface area contributed by atoms with Crippen LogP contribution in [0.2, 0.25) is 0 Å². The molecule has 1 aromatic heterocycles. The summed E-state index contributed by atoms with van der Waals surface area (Å²) in [4.78, 5) is 24.5. The van der Waals surface area contributed by atoms with Crippen LogP contribution >= 0.6 is 0 Å². The zero-order chi connectivity index (χ0) is 20.8. The van der Waals surface area contributed by atoms with Crippen LogP contribution in [0, 0.1) is 5.92 Å². The third kappa shape index (κ3) is 4.93. The van der Waals surface area contributed by atoms with Crippen molar-refractivity contribution in [2.45, 2.75) is 26.8 Å². The zero-order valence-electron chi connectivity index (χ0n) is 16.8. The smallest absolute Gasteiger partial charge is 0.272 e. The van der Waals surface area contributed by atoms with Crippen LogP contribution in [0.15, 0.2) is 47.3 Å². The van der Waals surface area contributed by atoms with Gasteiger partial charge in [-0.05, 0) is 36.1 Å². The van der Waals surface area contributed by atoms with E-state index in [9.17, 15) is 9.59 Å². The summed E-state index contributed by atoms with van der Waals surface area (Å²) < 4.78 is 11.2. The van der Waals surface area contributed by atoms with Gasteiger partial charge in [0.25, 0.3) is 11.5 Å². The lowest BCUT2D eigenvalue weighted by atomic mass is 10.1. The van der Waals surface area contributed by atoms with E-state index in [2.05, 4.69) is 29.4 Å². The minimum absolute atomic E-state index is 0.181. The molecule has 3 aromatic rings. The maximum Gasteiger partial charge on any atom is 0.272 e. The highest BCUT2D eigenvalue weighted by Crippen LogP contribution is 2.28. The molecule has 2 N–H and O–H groups in total. The third-order valence-electron chi connectivity index (χ3n) is 4.55. The second-order valence-electron chi connectivity index (χ2n) is 7.15. The van der Waals surface area contributed by atoms with Crippen molar-refractivity contribution in [3.8, 4) is 11.5 Å². The SMILES string of the molecule is COc1cc(CNC(=O)c2n[nH]c(=O)c3ccccc23)ccc1OCCC(C)C. The Balaban J connectivity index is 1.71. The quantitative estimate of drug-likeness (QED) is 0.610. The molecular formula is C22H25N3O4. The first kappa shape index (κ1) is 20.4. The van der Waals surface area contributed by atoms with E-state index >= 15 is 0 Å².